The Labute approximate surface area is 119 Å². The van der Waals surface area contributed by atoms with Crippen molar-refractivity contribution < 1.29 is 4.74 Å². The van der Waals surface area contributed by atoms with E-state index < -0.39 is 0 Å². The molecule has 1 aliphatic carbocycles. The molecule has 4 unspecified atom stereocenters. The Kier molecular flexibility index (Phi) is 4.29. The van der Waals surface area contributed by atoms with Crippen molar-refractivity contribution in [2.45, 2.75) is 77.6 Å². The number of rotatable bonds is 4. The summed E-state index contributed by atoms with van der Waals surface area (Å²) in [4.78, 5) is 2.77. The Hall–Kier alpha value is -0.120. The second kappa shape index (κ2) is 5.34. The van der Waals surface area contributed by atoms with Crippen LogP contribution in [0.25, 0.3) is 0 Å². The molecule has 0 spiro atoms. The highest BCUT2D eigenvalue weighted by Crippen LogP contribution is 2.47. The molecule has 1 N–H and O–H groups in total. The first-order valence-electron chi connectivity index (χ1n) is 7.91. The van der Waals surface area contributed by atoms with Crippen molar-refractivity contribution in [3.63, 3.8) is 0 Å². The van der Waals surface area contributed by atoms with Crippen LogP contribution in [0.15, 0.2) is 0 Å². The van der Waals surface area contributed by atoms with Gasteiger partial charge in [-0.2, -0.15) is 0 Å². The smallest absolute Gasteiger partial charge is 0.0652 e. The van der Waals surface area contributed by atoms with E-state index in [1.807, 2.05) is 7.11 Å². The number of hydrogen-bond acceptors (Lipinski definition) is 3. The zero-order valence-corrected chi connectivity index (χ0v) is 13.6. The molecule has 112 valence electrons. The van der Waals surface area contributed by atoms with Gasteiger partial charge in [0.05, 0.1) is 6.10 Å². The van der Waals surface area contributed by atoms with E-state index in [1.165, 1.54) is 25.8 Å². The number of hydrogen-bond donors (Lipinski definition) is 1. The van der Waals surface area contributed by atoms with Crippen LogP contribution in [0.1, 0.15) is 53.9 Å². The third-order valence-corrected chi connectivity index (χ3v) is 5.83. The molecule has 0 bridgehead atoms. The first-order valence-corrected chi connectivity index (χ1v) is 7.91. The molecule has 1 saturated heterocycles. The molecule has 1 heterocycles. The predicted molar refractivity (Wildman–Crippen MR) is 80.5 cm³/mol. The Morgan fingerprint density at radius 1 is 1.26 bits per heavy atom. The molecule has 0 aromatic heterocycles. The lowest BCUT2D eigenvalue weighted by Gasteiger charge is -2.60. The summed E-state index contributed by atoms with van der Waals surface area (Å²) in [7, 11) is 1.86. The monoisotopic (exact) mass is 268 g/mol. The fraction of sp³-hybridized carbons (Fsp3) is 1.00. The average Bonchev–Trinajstić information content (AvgIpc) is 2.38. The van der Waals surface area contributed by atoms with E-state index >= 15 is 0 Å². The summed E-state index contributed by atoms with van der Waals surface area (Å²) in [5, 5.41) is 3.76. The van der Waals surface area contributed by atoms with Gasteiger partial charge in [0.1, 0.15) is 0 Å². The van der Waals surface area contributed by atoms with Crippen LogP contribution in [-0.2, 0) is 4.74 Å². The summed E-state index contributed by atoms with van der Waals surface area (Å²) in [6.07, 6.45) is 4.05. The maximum Gasteiger partial charge on any atom is 0.0652 e. The minimum absolute atomic E-state index is 0.278. The largest absolute Gasteiger partial charge is 0.381 e. The van der Waals surface area contributed by atoms with Gasteiger partial charge in [0.25, 0.3) is 0 Å². The number of methoxy groups -OCH3 is 1. The SMILES string of the molecule is CCC1CNC(C)(CC)CN1C1CC(OC)C1(C)C. The van der Waals surface area contributed by atoms with Crippen LogP contribution in [0.3, 0.4) is 0 Å². The minimum atomic E-state index is 0.278. The number of nitrogens with zero attached hydrogens (tertiary/aromatic N) is 1. The zero-order valence-electron chi connectivity index (χ0n) is 13.6. The summed E-state index contributed by atoms with van der Waals surface area (Å²) in [5.74, 6) is 0. The molecule has 1 saturated carbocycles. The third-order valence-electron chi connectivity index (χ3n) is 5.83. The molecular formula is C16H32N2O. The van der Waals surface area contributed by atoms with Crippen LogP contribution in [0.4, 0.5) is 0 Å². The molecule has 0 aromatic rings. The van der Waals surface area contributed by atoms with Gasteiger partial charge in [-0.1, -0.05) is 27.7 Å². The van der Waals surface area contributed by atoms with Gasteiger partial charge in [-0.05, 0) is 26.2 Å². The van der Waals surface area contributed by atoms with Crippen LogP contribution in [0.5, 0.6) is 0 Å². The van der Waals surface area contributed by atoms with E-state index in [1.54, 1.807) is 0 Å². The van der Waals surface area contributed by atoms with Gasteiger partial charge in [-0.15, -0.1) is 0 Å². The summed E-state index contributed by atoms with van der Waals surface area (Å²) in [6, 6.07) is 1.36. The molecule has 2 rings (SSSR count). The van der Waals surface area contributed by atoms with Crippen LogP contribution in [-0.4, -0.2) is 48.8 Å². The fourth-order valence-corrected chi connectivity index (χ4v) is 3.88. The van der Waals surface area contributed by atoms with Crippen molar-refractivity contribution >= 4 is 0 Å². The van der Waals surface area contributed by atoms with Gasteiger partial charge >= 0.3 is 0 Å². The molecule has 2 aliphatic rings. The molecule has 4 atom stereocenters. The number of nitrogens with one attached hydrogen (secondary N) is 1. The van der Waals surface area contributed by atoms with Gasteiger partial charge in [0, 0.05) is 43.2 Å². The highest BCUT2D eigenvalue weighted by atomic mass is 16.5. The van der Waals surface area contributed by atoms with E-state index in [0.717, 1.165) is 6.54 Å². The lowest BCUT2D eigenvalue weighted by atomic mass is 9.63. The Bertz CT molecular complexity index is 318. The maximum atomic E-state index is 5.63. The standard InChI is InChI=1S/C16H32N2O/c1-7-12-10-17-16(5,8-2)11-18(12)13-9-14(19-6)15(13,3)4/h12-14,17H,7-11H2,1-6H3. The predicted octanol–water partition coefficient (Wildman–Crippen LogP) is 2.65. The maximum absolute atomic E-state index is 5.63. The minimum Gasteiger partial charge on any atom is -0.381 e. The van der Waals surface area contributed by atoms with Crippen LogP contribution < -0.4 is 5.32 Å². The fourth-order valence-electron chi connectivity index (χ4n) is 3.88. The highest BCUT2D eigenvalue weighted by Gasteiger charge is 2.53. The first kappa shape index (κ1) is 15.3. The third kappa shape index (κ3) is 2.57. The van der Waals surface area contributed by atoms with Gasteiger partial charge in [0.15, 0.2) is 0 Å². The molecule has 1 aliphatic heterocycles. The van der Waals surface area contributed by atoms with E-state index in [0.29, 0.717) is 18.2 Å². The highest BCUT2D eigenvalue weighted by molar-refractivity contribution is 5.08. The Balaban J connectivity index is 2.12. The van der Waals surface area contributed by atoms with Gasteiger partial charge in [0.2, 0.25) is 0 Å². The first-order chi connectivity index (χ1) is 8.88. The molecule has 19 heavy (non-hydrogen) atoms. The van der Waals surface area contributed by atoms with Crippen molar-refractivity contribution in [1.29, 1.82) is 0 Å². The van der Waals surface area contributed by atoms with Gasteiger partial charge in [-0.25, -0.2) is 0 Å². The lowest BCUT2D eigenvalue weighted by Crippen LogP contribution is -2.71. The Morgan fingerprint density at radius 2 is 1.95 bits per heavy atom. The van der Waals surface area contributed by atoms with Crippen molar-refractivity contribution in [2.24, 2.45) is 5.41 Å². The average molecular weight is 268 g/mol. The lowest BCUT2D eigenvalue weighted by molar-refractivity contribution is -0.157. The van der Waals surface area contributed by atoms with Crippen LogP contribution in [0.2, 0.25) is 0 Å². The molecule has 0 amide bonds. The van der Waals surface area contributed by atoms with E-state index in [-0.39, 0.29) is 11.0 Å². The summed E-state index contributed by atoms with van der Waals surface area (Å²) in [6.45, 7) is 14.0. The number of piperazine rings is 1. The number of ether oxygens (including phenoxy) is 1. The summed E-state index contributed by atoms with van der Waals surface area (Å²) in [5.41, 5.74) is 0.564. The zero-order chi connectivity index (χ0) is 14.3. The van der Waals surface area contributed by atoms with E-state index in [4.69, 9.17) is 4.74 Å². The normalized spacial score (nSPS) is 42.9. The molecule has 0 radical (unpaired) electrons. The van der Waals surface area contributed by atoms with E-state index in [9.17, 15) is 0 Å². The second-order valence-corrected chi connectivity index (χ2v) is 7.33. The van der Waals surface area contributed by atoms with Gasteiger partial charge in [-0.3, -0.25) is 4.90 Å². The van der Waals surface area contributed by atoms with Crippen molar-refractivity contribution in [3.05, 3.63) is 0 Å². The van der Waals surface area contributed by atoms with Crippen molar-refractivity contribution in [1.82, 2.24) is 10.2 Å². The van der Waals surface area contributed by atoms with Crippen LogP contribution >= 0.6 is 0 Å². The molecule has 0 aromatic carbocycles. The molecule has 3 nitrogen and oxygen atoms in total. The van der Waals surface area contributed by atoms with Crippen molar-refractivity contribution in [3.8, 4) is 0 Å². The molecule has 3 heteroatoms. The topological polar surface area (TPSA) is 24.5 Å². The summed E-state index contributed by atoms with van der Waals surface area (Å²) < 4.78 is 5.63. The summed E-state index contributed by atoms with van der Waals surface area (Å²) >= 11 is 0. The molecular weight excluding hydrogens is 236 g/mol. The van der Waals surface area contributed by atoms with Crippen molar-refractivity contribution in [2.75, 3.05) is 20.2 Å². The second-order valence-electron chi connectivity index (χ2n) is 7.33. The van der Waals surface area contributed by atoms with E-state index in [2.05, 4.69) is 44.8 Å². The molecule has 2 fully saturated rings. The van der Waals surface area contributed by atoms with Crippen LogP contribution in [0, 0.1) is 5.41 Å². The van der Waals surface area contributed by atoms with Gasteiger partial charge < -0.3 is 10.1 Å². The Morgan fingerprint density at radius 3 is 2.42 bits per heavy atom. The quantitative estimate of drug-likeness (QED) is 0.848.